The Morgan fingerprint density at radius 3 is 2.54 bits per heavy atom. The minimum Gasteiger partial charge on any atom is -0.467 e. The van der Waals surface area contributed by atoms with Gasteiger partial charge in [-0.25, -0.2) is 13.2 Å². The van der Waals surface area contributed by atoms with Gasteiger partial charge in [0.05, 0.1) is 12.0 Å². The summed E-state index contributed by atoms with van der Waals surface area (Å²) in [6, 6.07) is 13.8. The molecule has 1 aliphatic rings. The topological polar surface area (TPSA) is 88.3 Å². The molecule has 0 spiro atoms. The van der Waals surface area contributed by atoms with E-state index in [1.165, 1.54) is 13.2 Å². The molecule has 2 N–H and O–H groups in total. The number of ether oxygens (including phenoxy) is 1. The van der Waals surface area contributed by atoms with Crippen molar-refractivity contribution in [2.75, 3.05) is 7.11 Å². The lowest BCUT2D eigenvalue weighted by molar-refractivity contribution is -0.146. The summed E-state index contributed by atoms with van der Waals surface area (Å²) in [5.74, 6) is -0.680. The van der Waals surface area contributed by atoms with Gasteiger partial charge in [0.1, 0.15) is 0 Å². The van der Waals surface area contributed by atoms with Gasteiger partial charge in [-0.2, -0.15) is 4.72 Å². The standard InChI is InChI=1S/C17H14N2O4S/c1-23-16(20)17(13-10-18-14-8-4-2-6-11(13)14)12-7-3-5-9-15(12)24(21,22)19-17/h2-10,18-19H,1H3/t17-/m1/s1. The van der Waals surface area contributed by atoms with E-state index in [1.54, 1.807) is 24.4 Å². The molecule has 24 heavy (non-hydrogen) atoms. The van der Waals surface area contributed by atoms with Crippen LogP contribution >= 0.6 is 0 Å². The molecule has 2 heterocycles. The third-order valence-electron chi connectivity index (χ3n) is 4.35. The number of aromatic nitrogens is 1. The summed E-state index contributed by atoms with van der Waals surface area (Å²) in [7, 11) is -2.58. The molecule has 0 bridgehead atoms. The molecule has 6 nitrogen and oxygen atoms in total. The average molecular weight is 342 g/mol. The molecule has 0 amide bonds. The SMILES string of the molecule is COC(=O)[C@@]1(c2c[nH]c3ccccc23)NS(=O)(=O)c2ccccc21. The van der Waals surface area contributed by atoms with Crippen LogP contribution in [-0.2, 0) is 25.1 Å². The van der Waals surface area contributed by atoms with Gasteiger partial charge in [-0.15, -0.1) is 0 Å². The molecular weight excluding hydrogens is 328 g/mol. The molecule has 1 atom stereocenters. The molecule has 0 saturated carbocycles. The number of methoxy groups -OCH3 is 1. The molecule has 0 unspecified atom stereocenters. The first-order chi connectivity index (χ1) is 11.5. The van der Waals surface area contributed by atoms with E-state index in [1.807, 2.05) is 24.3 Å². The molecule has 1 aliphatic heterocycles. The number of carbonyl (C=O) groups excluding carboxylic acids is 1. The highest BCUT2D eigenvalue weighted by Crippen LogP contribution is 2.43. The monoisotopic (exact) mass is 342 g/mol. The van der Waals surface area contributed by atoms with Gasteiger partial charge in [-0.3, -0.25) is 0 Å². The number of benzene rings is 2. The van der Waals surface area contributed by atoms with Crippen molar-refractivity contribution in [2.24, 2.45) is 0 Å². The van der Waals surface area contributed by atoms with Gasteiger partial charge in [-0.05, 0) is 12.1 Å². The van der Waals surface area contributed by atoms with Gasteiger partial charge in [0.2, 0.25) is 10.0 Å². The van der Waals surface area contributed by atoms with Crippen molar-refractivity contribution in [1.82, 2.24) is 9.71 Å². The highest BCUT2D eigenvalue weighted by molar-refractivity contribution is 7.90. The number of hydrogen-bond donors (Lipinski definition) is 2. The van der Waals surface area contributed by atoms with E-state index in [0.29, 0.717) is 11.1 Å². The number of sulfonamides is 1. The third-order valence-corrected chi connectivity index (χ3v) is 5.86. The number of aromatic amines is 1. The predicted octanol–water partition coefficient (Wildman–Crippen LogP) is 1.88. The van der Waals surface area contributed by atoms with Crippen molar-refractivity contribution in [2.45, 2.75) is 10.4 Å². The van der Waals surface area contributed by atoms with E-state index in [9.17, 15) is 13.2 Å². The zero-order chi connectivity index (χ0) is 16.9. The third kappa shape index (κ3) is 1.79. The summed E-state index contributed by atoms with van der Waals surface area (Å²) in [6.07, 6.45) is 1.65. The minimum atomic E-state index is -3.83. The van der Waals surface area contributed by atoms with Crippen LogP contribution < -0.4 is 4.72 Å². The molecule has 4 rings (SSSR count). The van der Waals surface area contributed by atoms with E-state index >= 15 is 0 Å². The number of carbonyl (C=O) groups is 1. The fourth-order valence-corrected chi connectivity index (χ4v) is 4.90. The van der Waals surface area contributed by atoms with Gasteiger partial charge < -0.3 is 9.72 Å². The average Bonchev–Trinajstić information content (AvgIpc) is 3.12. The Kier molecular flexibility index (Phi) is 3.06. The van der Waals surface area contributed by atoms with Crippen molar-refractivity contribution in [3.8, 4) is 0 Å². The van der Waals surface area contributed by atoms with E-state index in [2.05, 4.69) is 9.71 Å². The first-order valence-corrected chi connectivity index (χ1v) is 8.77. The molecule has 0 saturated heterocycles. The Bertz CT molecular complexity index is 1070. The molecule has 3 aromatic rings. The minimum absolute atomic E-state index is 0.0840. The quantitative estimate of drug-likeness (QED) is 0.696. The number of rotatable bonds is 2. The van der Waals surface area contributed by atoms with Crippen molar-refractivity contribution in [3.05, 3.63) is 65.9 Å². The van der Waals surface area contributed by atoms with E-state index < -0.39 is 21.5 Å². The second-order valence-corrected chi connectivity index (χ2v) is 7.24. The fourth-order valence-electron chi connectivity index (χ4n) is 3.32. The van der Waals surface area contributed by atoms with Gasteiger partial charge in [-0.1, -0.05) is 36.4 Å². The van der Waals surface area contributed by atoms with Crippen molar-refractivity contribution < 1.29 is 17.9 Å². The summed E-state index contributed by atoms with van der Waals surface area (Å²) in [5, 5.41) is 0.752. The summed E-state index contributed by atoms with van der Waals surface area (Å²) in [6.45, 7) is 0. The van der Waals surface area contributed by atoms with E-state index in [4.69, 9.17) is 4.74 Å². The van der Waals surface area contributed by atoms with Crippen molar-refractivity contribution in [1.29, 1.82) is 0 Å². The lowest BCUT2D eigenvalue weighted by Gasteiger charge is -2.26. The van der Waals surface area contributed by atoms with Crippen LogP contribution in [0.5, 0.6) is 0 Å². The van der Waals surface area contributed by atoms with E-state index in [0.717, 1.165) is 10.9 Å². The van der Waals surface area contributed by atoms with Crippen molar-refractivity contribution in [3.63, 3.8) is 0 Å². The summed E-state index contributed by atoms with van der Waals surface area (Å²) in [5.41, 5.74) is 0.0727. The van der Waals surface area contributed by atoms with Gasteiger partial charge >= 0.3 is 5.97 Å². The molecule has 1 aromatic heterocycles. The zero-order valence-electron chi connectivity index (χ0n) is 12.7. The fraction of sp³-hybridized carbons (Fsp3) is 0.118. The second-order valence-electron chi connectivity index (χ2n) is 5.59. The Morgan fingerprint density at radius 1 is 1.04 bits per heavy atom. The smallest absolute Gasteiger partial charge is 0.336 e. The highest BCUT2D eigenvalue weighted by atomic mass is 32.2. The van der Waals surface area contributed by atoms with Gasteiger partial charge in [0.15, 0.2) is 5.54 Å². The lowest BCUT2D eigenvalue weighted by Crippen LogP contribution is -2.48. The maximum atomic E-state index is 12.8. The molecule has 0 fully saturated rings. The summed E-state index contributed by atoms with van der Waals surface area (Å²) >= 11 is 0. The van der Waals surface area contributed by atoms with Crippen LogP contribution in [-0.4, -0.2) is 26.5 Å². The van der Waals surface area contributed by atoms with Crippen LogP contribution in [0.3, 0.4) is 0 Å². The van der Waals surface area contributed by atoms with Crippen LogP contribution in [0.4, 0.5) is 0 Å². The van der Waals surface area contributed by atoms with Crippen LogP contribution in [0.25, 0.3) is 10.9 Å². The summed E-state index contributed by atoms with van der Waals surface area (Å²) < 4.78 is 32.7. The van der Waals surface area contributed by atoms with Gasteiger partial charge in [0, 0.05) is 28.2 Å². The predicted molar refractivity (Wildman–Crippen MR) is 87.9 cm³/mol. The first kappa shape index (κ1) is 14.9. The molecule has 7 heteroatoms. The van der Waals surface area contributed by atoms with E-state index in [-0.39, 0.29) is 4.90 Å². The number of fused-ring (bicyclic) bond motifs is 2. The number of H-pyrrole nitrogens is 1. The van der Waals surface area contributed by atoms with Gasteiger partial charge in [0.25, 0.3) is 0 Å². The van der Waals surface area contributed by atoms with Crippen LogP contribution in [0.2, 0.25) is 0 Å². The zero-order valence-corrected chi connectivity index (χ0v) is 13.6. The number of esters is 1. The summed E-state index contributed by atoms with van der Waals surface area (Å²) in [4.78, 5) is 15.9. The second kappa shape index (κ2) is 4.93. The Hall–Kier alpha value is -2.64. The number of para-hydroxylation sites is 1. The number of hydrogen-bond acceptors (Lipinski definition) is 4. The maximum absolute atomic E-state index is 12.8. The number of nitrogens with one attached hydrogen (secondary N) is 2. The lowest BCUT2D eigenvalue weighted by atomic mass is 9.83. The molecular formula is C17H14N2O4S. The maximum Gasteiger partial charge on any atom is 0.336 e. The van der Waals surface area contributed by atoms with Crippen LogP contribution in [0.1, 0.15) is 11.1 Å². The first-order valence-electron chi connectivity index (χ1n) is 7.29. The van der Waals surface area contributed by atoms with Crippen LogP contribution in [0, 0.1) is 0 Å². The Morgan fingerprint density at radius 2 is 1.75 bits per heavy atom. The Balaban J connectivity index is 2.12. The molecule has 0 aliphatic carbocycles. The van der Waals surface area contributed by atoms with Crippen molar-refractivity contribution >= 4 is 26.9 Å². The normalized spacial score (nSPS) is 21.5. The largest absolute Gasteiger partial charge is 0.467 e. The highest BCUT2D eigenvalue weighted by Gasteiger charge is 2.55. The molecule has 2 aromatic carbocycles. The molecule has 0 radical (unpaired) electrons. The molecule has 122 valence electrons. The Labute approximate surface area is 138 Å². The van der Waals surface area contributed by atoms with Crippen LogP contribution in [0.15, 0.2) is 59.6 Å².